The van der Waals surface area contributed by atoms with E-state index in [1.165, 1.54) is 0 Å². The second-order valence-electron chi connectivity index (χ2n) is 4.30. The first kappa shape index (κ1) is 12.2. The summed E-state index contributed by atoms with van der Waals surface area (Å²) >= 11 is 3.15. The Bertz CT molecular complexity index is 353. The molecule has 1 aromatic rings. The molecule has 0 unspecified atom stereocenters. The summed E-state index contributed by atoms with van der Waals surface area (Å²) in [6, 6.07) is 7.25. The summed E-state index contributed by atoms with van der Waals surface area (Å²) in [4.78, 5) is 11.4. The molecule has 0 heterocycles. The number of ether oxygens (including phenoxy) is 1. The number of ketones is 1. The van der Waals surface area contributed by atoms with Crippen LogP contribution in [0.25, 0.3) is 0 Å². The highest BCUT2D eigenvalue weighted by Crippen LogP contribution is 2.19. The van der Waals surface area contributed by atoms with Crippen molar-refractivity contribution in [3.63, 3.8) is 0 Å². The van der Waals surface area contributed by atoms with Crippen molar-refractivity contribution in [1.29, 1.82) is 0 Å². The maximum absolute atomic E-state index is 11.4. The normalized spacial score (nSPS) is 11.2. The van der Waals surface area contributed by atoms with Crippen molar-refractivity contribution in [3.05, 3.63) is 29.8 Å². The van der Waals surface area contributed by atoms with Gasteiger partial charge in [0.05, 0.1) is 5.33 Å². The summed E-state index contributed by atoms with van der Waals surface area (Å²) in [7, 11) is 0. The molecule has 0 spiro atoms. The Balaban J connectivity index is 2.88. The zero-order valence-electron chi connectivity index (χ0n) is 9.21. The van der Waals surface area contributed by atoms with Gasteiger partial charge in [0.2, 0.25) is 0 Å². The van der Waals surface area contributed by atoms with Crippen molar-refractivity contribution < 1.29 is 9.53 Å². The highest BCUT2D eigenvalue weighted by molar-refractivity contribution is 9.09. The first-order chi connectivity index (χ1) is 6.92. The van der Waals surface area contributed by atoms with Gasteiger partial charge in [-0.05, 0) is 32.9 Å². The molecule has 0 aromatic heterocycles. The molecule has 82 valence electrons. The molecule has 0 atom stereocenters. The first-order valence-electron chi connectivity index (χ1n) is 4.80. The van der Waals surface area contributed by atoms with Gasteiger partial charge in [-0.25, -0.2) is 0 Å². The average molecular weight is 271 g/mol. The molecule has 0 aliphatic heterocycles. The van der Waals surface area contributed by atoms with Crippen LogP contribution in [0.4, 0.5) is 0 Å². The van der Waals surface area contributed by atoms with Crippen molar-refractivity contribution in [3.8, 4) is 5.75 Å². The van der Waals surface area contributed by atoms with E-state index >= 15 is 0 Å². The van der Waals surface area contributed by atoms with Gasteiger partial charge in [0.25, 0.3) is 0 Å². The van der Waals surface area contributed by atoms with E-state index in [0.717, 1.165) is 5.75 Å². The van der Waals surface area contributed by atoms with Crippen LogP contribution in [0.5, 0.6) is 5.75 Å². The predicted octanol–water partition coefficient (Wildman–Crippen LogP) is 3.44. The Kier molecular flexibility index (Phi) is 3.91. The molecule has 0 N–H and O–H groups in total. The molecule has 0 bridgehead atoms. The lowest BCUT2D eigenvalue weighted by Gasteiger charge is -2.21. The van der Waals surface area contributed by atoms with Gasteiger partial charge in [0, 0.05) is 5.56 Å². The van der Waals surface area contributed by atoms with Gasteiger partial charge in [-0.1, -0.05) is 28.1 Å². The Morgan fingerprint density at radius 3 is 2.60 bits per heavy atom. The molecule has 1 rings (SSSR count). The van der Waals surface area contributed by atoms with E-state index in [0.29, 0.717) is 10.9 Å². The number of hydrogen-bond donors (Lipinski definition) is 0. The molecule has 0 fully saturated rings. The Hall–Kier alpha value is -0.830. The van der Waals surface area contributed by atoms with Crippen LogP contribution >= 0.6 is 15.9 Å². The molecule has 3 heteroatoms. The fraction of sp³-hybridized carbons (Fsp3) is 0.417. The lowest BCUT2D eigenvalue weighted by atomic mass is 10.1. The molecule has 0 saturated heterocycles. The average Bonchev–Trinajstić information content (AvgIpc) is 2.14. The highest BCUT2D eigenvalue weighted by atomic mass is 79.9. The second-order valence-corrected chi connectivity index (χ2v) is 4.86. The van der Waals surface area contributed by atoms with Gasteiger partial charge in [-0.2, -0.15) is 0 Å². The maximum Gasteiger partial charge on any atom is 0.173 e. The van der Waals surface area contributed by atoms with Crippen LogP contribution in [-0.2, 0) is 0 Å². The van der Waals surface area contributed by atoms with E-state index < -0.39 is 0 Å². The number of benzene rings is 1. The maximum atomic E-state index is 11.4. The SMILES string of the molecule is CC(C)(C)Oc1cccc(C(=O)CBr)c1. The van der Waals surface area contributed by atoms with Gasteiger partial charge in [-0.15, -0.1) is 0 Å². The van der Waals surface area contributed by atoms with E-state index in [2.05, 4.69) is 15.9 Å². The molecule has 0 aliphatic carbocycles. The zero-order valence-corrected chi connectivity index (χ0v) is 10.8. The van der Waals surface area contributed by atoms with Gasteiger partial charge < -0.3 is 4.74 Å². The van der Waals surface area contributed by atoms with E-state index in [1.54, 1.807) is 12.1 Å². The van der Waals surface area contributed by atoms with Crippen LogP contribution in [0.1, 0.15) is 31.1 Å². The number of alkyl halides is 1. The second kappa shape index (κ2) is 4.79. The summed E-state index contributed by atoms with van der Waals surface area (Å²) in [5, 5.41) is 0.339. The zero-order chi connectivity index (χ0) is 11.5. The van der Waals surface area contributed by atoms with Crippen LogP contribution < -0.4 is 4.74 Å². The van der Waals surface area contributed by atoms with Crippen LogP contribution in [0.2, 0.25) is 0 Å². The number of carbonyl (C=O) groups excluding carboxylic acids is 1. The smallest absolute Gasteiger partial charge is 0.173 e. The topological polar surface area (TPSA) is 26.3 Å². The van der Waals surface area contributed by atoms with Crippen LogP contribution in [-0.4, -0.2) is 16.7 Å². The minimum atomic E-state index is -0.240. The third-order valence-electron chi connectivity index (χ3n) is 1.70. The number of carbonyl (C=O) groups is 1. The third-order valence-corrected chi connectivity index (χ3v) is 2.21. The Labute approximate surface area is 98.8 Å². The number of Topliss-reactive ketones (excluding diaryl/α,β-unsaturated/α-hetero) is 1. The van der Waals surface area contributed by atoms with E-state index in [1.807, 2.05) is 32.9 Å². The monoisotopic (exact) mass is 270 g/mol. The van der Waals surface area contributed by atoms with Crippen LogP contribution in [0.15, 0.2) is 24.3 Å². The first-order valence-corrected chi connectivity index (χ1v) is 5.93. The van der Waals surface area contributed by atoms with Crippen molar-refractivity contribution in [2.45, 2.75) is 26.4 Å². The predicted molar refractivity (Wildman–Crippen MR) is 64.9 cm³/mol. The van der Waals surface area contributed by atoms with E-state index in [4.69, 9.17) is 4.74 Å². The largest absolute Gasteiger partial charge is 0.488 e. The summed E-state index contributed by atoms with van der Waals surface area (Å²) in [6.45, 7) is 5.93. The van der Waals surface area contributed by atoms with Gasteiger partial charge in [0.15, 0.2) is 5.78 Å². The van der Waals surface area contributed by atoms with Crippen LogP contribution in [0.3, 0.4) is 0 Å². The molecular weight excluding hydrogens is 256 g/mol. The summed E-state index contributed by atoms with van der Waals surface area (Å²) in [6.07, 6.45) is 0. The molecule has 15 heavy (non-hydrogen) atoms. The molecule has 0 radical (unpaired) electrons. The fourth-order valence-electron chi connectivity index (χ4n) is 1.16. The van der Waals surface area contributed by atoms with E-state index in [-0.39, 0.29) is 11.4 Å². The van der Waals surface area contributed by atoms with Crippen molar-refractivity contribution in [2.75, 3.05) is 5.33 Å². The number of halogens is 1. The summed E-state index contributed by atoms with van der Waals surface area (Å²) in [5.74, 6) is 0.795. The fourth-order valence-corrected chi connectivity index (χ4v) is 1.49. The van der Waals surface area contributed by atoms with E-state index in [9.17, 15) is 4.79 Å². The third kappa shape index (κ3) is 4.04. The molecule has 0 aliphatic rings. The van der Waals surface area contributed by atoms with Gasteiger partial charge in [0.1, 0.15) is 11.4 Å². The Morgan fingerprint density at radius 1 is 1.40 bits per heavy atom. The molecule has 1 aromatic carbocycles. The lowest BCUT2D eigenvalue weighted by Crippen LogP contribution is -2.23. The minimum absolute atomic E-state index is 0.0642. The molecule has 0 saturated carbocycles. The quantitative estimate of drug-likeness (QED) is 0.621. The lowest BCUT2D eigenvalue weighted by molar-refractivity contribution is 0.102. The minimum Gasteiger partial charge on any atom is -0.488 e. The Morgan fingerprint density at radius 2 is 2.07 bits per heavy atom. The number of rotatable bonds is 3. The van der Waals surface area contributed by atoms with Crippen molar-refractivity contribution in [2.24, 2.45) is 0 Å². The standard InChI is InChI=1S/C12H15BrO2/c1-12(2,3)15-10-6-4-5-9(7-10)11(14)8-13/h4-7H,8H2,1-3H3. The van der Waals surface area contributed by atoms with Crippen molar-refractivity contribution in [1.82, 2.24) is 0 Å². The molecular formula is C12H15BrO2. The van der Waals surface area contributed by atoms with Gasteiger partial charge in [-0.3, -0.25) is 4.79 Å². The van der Waals surface area contributed by atoms with Gasteiger partial charge >= 0.3 is 0 Å². The van der Waals surface area contributed by atoms with Crippen molar-refractivity contribution >= 4 is 21.7 Å². The van der Waals surface area contributed by atoms with Crippen LogP contribution in [0, 0.1) is 0 Å². The summed E-state index contributed by atoms with van der Waals surface area (Å²) < 4.78 is 5.67. The molecule has 0 amide bonds. The number of hydrogen-bond acceptors (Lipinski definition) is 2. The summed E-state index contributed by atoms with van der Waals surface area (Å²) in [5.41, 5.74) is 0.435. The molecule has 2 nitrogen and oxygen atoms in total. The highest BCUT2D eigenvalue weighted by Gasteiger charge is 2.12.